The fourth-order valence-corrected chi connectivity index (χ4v) is 4.89. The lowest BCUT2D eigenvalue weighted by atomic mass is 9.91. The third-order valence-corrected chi connectivity index (χ3v) is 7.05. The van der Waals surface area contributed by atoms with Crippen LogP contribution in [0.15, 0.2) is 48.5 Å². The Hall–Kier alpha value is -3.39. The Labute approximate surface area is 205 Å². The summed E-state index contributed by atoms with van der Waals surface area (Å²) < 4.78 is 11.1. The van der Waals surface area contributed by atoms with Crippen molar-refractivity contribution < 1.29 is 29.0 Å². The molecular weight excluding hydrogens is 448 g/mol. The van der Waals surface area contributed by atoms with Gasteiger partial charge in [-0.3, -0.25) is 9.59 Å². The maximum absolute atomic E-state index is 13.1. The molecule has 2 unspecified atom stereocenters. The number of nitrogens with one attached hydrogen (secondary N) is 2. The number of ether oxygens (including phenoxy) is 2. The summed E-state index contributed by atoms with van der Waals surface area (Å²) in [6.07, 6.45) is -0.409. The van der Waals surface area contributed by atoms with Crippen LogP contribution in [-0.4, -0.2) is 55.0 Å². The number of hydrogen-bond acceptors (Lipinski definition) is 5. The van der Waals surface area contributed by atoms with Crippen LogP contribution in [0.25, 0.3) is 11.1 Å². The summed E-state index contributed by atoms with van der Waals surface area (Å²) in [5.74, 6) is -1.52. The SMILES string of the molecule is CC(C)C(CNC(=O)C1(NC(=O)OCC2c3ccccc3-c3ccccc32)CCOC1)CC(=O)O. The lowest BCUT2D eigenvalue weighted by Gasteiger charge is -2.29. The van der Waals surface area contributed by atoms with Crippen LogP contribution in [0, 0.1) is 11.8 Å². The Bertz CT molecular complexity index is 1050. The van der Waals surface area contributed by atoms with Gasteiger partial charge >= 0.3 is 12.1 Å². The maximum atomic E-state index is 13.1. The number of carboxylic acids is 1. The molecule has 2 aromatic rings. The fraction of sp³-hybridized carbons (Fsp3) is 0.444. The summed E-state index contributed by atoms with van der Waals surface area (Å²) in [6.45, 7) is 4.56. The molecule has 0 radical (unpaired) electrons. The van der Waals surface area contributed by atoms with Crippen molar-refractivity contribution in [1.29, 1.82) is 0 Å². The summed E-state index contributed by atoms with van der Waals surface area (Å²) >= 11 is 0. The van der Waals surface area contributed by atoms with Gasteiger partial charge in [-0.15, -0.1) is 0 Å². The molecule has 2 atom stereocenters. The van der Waals surface area contributed by atoms with Crippen LogP contribution in [0.2, 0.25) is 0 Å². The van der Waals surface area contributed by atoms with E-state index in [0.717, 1.165) is 22.3 Å². The van der Waals surface area contributed by atoms with E-state index >= 15 is 0 Å². The van der Waals surface area contributed by atoms with Crippen molar-refractivity contribution in [2.45, 2.75) is 38.1 Å². The molecule has 0 bridgehead atoms. The lowest BCUT2D eigenvalue weighted by Crippen LogP contribution is -2.60. The zero-order valence-electron chi connectivity index (χ0n) is 20.1. The van der Waals surface area contributed by atoms with Gasteiger partial charge < -0.3 is 25.2 Å². The van der Waals surface area contributed by atoms with Crippen molar-refractivity contribution in [3.63, 3.8) is 0 Å². The molecule has 0 spiro atoms. The van der Waals surface area contributed by atoms with Crippen LogP contribution in [0.5, 0.6) is 0 Å². The first-order chi connectivity index (χ1) is 16.8. The van der Waals surface area contributed by atoms with Crippen molar-refractivity contribution in [1.82, 2.24) is 10.6 Å². The molecule has 2 aromatic carbocycles. The Morgan fingerprint density at radius 3 is 2.26 bits per heavy atom. The van der Waals surface area contributed by atoms with Gasteiger partial charge in [-0.05, 0) is 34.1 Å². The van der Waals surface area contributed by atoms with Gasteiger partial charge in [0.1, 0.15) is 12.1 Å². The summed E-state index contributed by atoms with van der Waals surface area (Å²) in [4.78, 5) is 37.1. The minimum absolute atomic E-state index is 0.0360. The molecule has 35 heavy (non-hydrogen) atoms. The molecule has 1 fully saturated rings. The molecule has 0 saturated carbocycles. The molecule has 4 rings (SSSR count). The maximum Gasteiger partial charge on any atom is 0.408 e. The third-order valence-electron chi connectivity index (χ3n) is 7.05. The third kappa shape index (κ3) is 5.32. The molecule has 8 heteroatoms. The average Bonchev–Trinajstić information content (AvgIpc) is 3.43. The number of alkyl carbamates (subject to hydrolysis) is 1. The lowest BCUT2D eigenvalue weighted by molar-refractivity contribution is -0.139. The fourth-order valence-electron chi connectivity index (χ4n) is 4.89. The molecule has 1 heterocycles. The molecule has 2 aliphatic rings. The second kappa shape index (κ2) is 10.5. The first-order valence-corrected chi connectivity index (χ1v) is 12.0. The van der Waals surface area contributed by atoms with Crippen molar-refractivity contribution in [3.05, 3.63) is 59.7 Å². The van der Waals surface area contributed by atoms with E-state index in [9.17, 15) is 14.4 Å². The zero-order chi connectivity index (χ0) is 25.0. The molecule has 1 saturated heterocycles. The van der Waals surface area contributed by atoms with Gasteiger partial charge in [0.2, 0.25) is 5.91 Å². The molecule has 1 aliphatic heterocycles. The Morgan fingerprint density at radius 2 is 1.71 bits per heavy atom. The van der Waals surface area contributed by atoms with Crippen LogP contribution in [0.4, 0.5) is 4.79 Å². The van der Waals surface area contributed by atoms with Crippen LogP contribution < -0.4 is 10.6 Å². The first kappa shape index (κ1) is 24.7. The second-order valence-electron chi connectivity index (χ2n) is 9.65. The normalized spacial score (nSPS) is 19.6. The summed E-state index contributed by atoms with van der Waals surface area (Å²) in [6, 6.07) is 16.2. The highest BCUT2D eigenvalue weighted by molar-refractivity contribution is 5.90. The van der Waals surface area contributed by atoms with Gasteiger partial charge in [-0.25, -0.2) is 4.79 Å². The smallest absolute Gasteiger partial charge is 0.408 e. The van der Waals surface area contributed by atoms with Crippen molar-refractivity contribution in [2.75, 3.05) is 26.4 Å². The monoisotopic (exact) mass is 480 g/mol. The van der Waals surface area contributed by atoms with E-state index in [0.29, 0.717) is 13.0 Å². The summed E-state index contributed by atoms with van der Waals surface area (Å²) in [5, 5.41) is 14.7. The highest BCUT2D eigenvalue weighted by atomic mass is 16.6. The number of aliphatic carboxylic acids is 1. The molecule has 3 N–H and O–H groups in total. The highest BCUT2D eigenvalue weighted by Gasteiger charge is 2.44. The average molecular weight is 481 g/mol. The van der Waals surface area contributed by atoms with E-state index in [1.54, 1.807) is 0 Å². The van der Waals surface area contributed by atoms with Crippen LogP contribution in [0.3, 0.4) is 0 Å². The quantitative estimate of drug-likeness (QED) is 0.506. The number of rotatable bonds is 9. The predicted molar refractivity (Wildman–Crippen MR) is 130 cm³/mol. The van der Waals surface area contributed by atoms with Gasteiger partial charge in [0, 0.05) is 25.5 Å². The van der Waals surface area contributed by atoms with E-state index < -0.39 is 17.6 Å². The largest absolute Gasteiger partial charge is 0.481 e. The van der Waals surface area contributed by atoms with Crippen LogP contribution in [0.1, 0.15) is 43.7 Å². The highest BCUT2D eigenvalue weighted by Crippen LogP contribution is 2.44. The van der Waals surface area contributed by atoms with Gasteiger partial charge in [-0.2, -0.15) is 0 Å². The number of carbonyl (C=O) groups excluding carboxylic acids is 2. The van der Waals surface area contributed by atoms with Crippen molar-refractivity contribution in [2.24, 2.45) is 11.8 Å². The van der Waals surface area contributed by atoms with Crippen LogP contribution >= 0.6 is 0 Å². The summed E-state index contributed by atoms with van der Waals surface area (Å²) in [7, 11) is 0. The van der Waals surface area contributed by atoms with Crippen molar-refractivity contribution >= 4 is 18.0 Å². The topological polar surface area (TPSA) is 114 Å². The van der Waals surface area contributed by atoms with E-state index in [-0.39, 0.29) is 49.8 Å². The van der Waals surface area contributed by atoms with Crippen LogP contribution in [-0.2, 0) is 19.1 Å². The second-order valence-corrected chi connectivity index (χ2v) is 9.65. The van der Waals surface area contributed by atoms with E-state index in [2.05, 4.69) is 22.8 Å². The van der Waals surface area contributed by atoms with Gasteiger partial charge in [0.25, 0.3) is 0 Å². The van der Waals surface area contributed by atoms with Gasteiger partial charge in [0.05, 0.1) is 13.0 Å². The van der Waals surface area contributed by atoms with Crippen molar-refractivity contribution in [3.8, 4) is 11.1 Å². The Morgan fingerprint density at radius 1 is 1.09 bits per heavy atom. The molecule has 8 nitrogen and oxygen atoms in total. The Kier molecular flexibility index (Phi) is 7.40. The van der Waals surface area contributed by atoms with E-state index in [4.69, 9.17) is 14.6 Å². The summed E-state index contributed by atoms with van der Waals surface area (Å²) in [5.41, 5.74) is 3.25. The molecule has 2 amide bonds. The van der Waals surface area contributed by atoms with Gasteiger partial charge in [0.15, 0.2) is 0 Å². The number of fused-ring (bicyclic) bond motifs is 3. The van der Waals surface area contributed by atoms with E-state index in [1.165, 1.54) is 0 Å². The van der Waals surface area contributed by atoms with E-state index in [1.807, 2.05) is 50.2 Å². The minimum atomic E-state index is -1.24. The molecule has 0 aromatic heterocycles. The number of hydrogen-bond donors (Lipinski definition) is 3. The Balaban J connectivity index is 1.40. The number of carboxylic acid groups (broad SMARTS) is 1. The minimum Gasteiger partial charge on any atom is -0.481 e. The van der Waals surface area contributed by atoms with Gasteiger partial charge in [-0.1, -0.05) is 62.4 Å². The number of benzene rings is 2. The standard InChI is InChI=1S/C27H32N2O6/c1-17(2)18(13-24(30)31)14-28-25(32)27(11-12-34-16-27)29-26(33)35-15-23-21-9-5-3-7-19(21)20-8-4-6-10-22(20)23/h3-10,17-18,23H,11-16H2,1-2H3,(H,28,32)(H,29,33)(H,30,31). The molecular formula is C27H32N2O6. The molecule has 186 valence electrons. The molecule has 1 aliphatic carbocycles. The zero-order valence-corrected chi connectivity index (χ0v) is 20.1. The number of amides is 2. The first-order valence-electron chi connectivity index (χ1n) is 12.0. The number of carbonyl (C=O) groups is 3. The predicted octanol–water partition coefficient (Wildman–Crippen LogP) is 3.55.